The largest absolute Gasteiger partial charge is 0.384 e. The lowest BCUT2D eigenvalue weighted by molar-refractivity contribution is 0.0573. The second-order valence-corrected chi connectivity index (χ2v) is 5.19. The fourth-order valence-electron chi connectivity index (χ4n) is 2.11. The monoisotopic (exact) mass is 273 g/mol. The second-order valence-electron chi connectivity index (χ2n) is 5.19. The third-order valence-corrected chi connectivity index (χ3v) is 3.37. The summed E-state index contributed by atoms with van der Waals surface area (Å²) in [5.74, 6) is -0.214. The molecule has 0 heterocycles. The summed E-state index contributed by atoms with van der Waals surface area (Å²) in [6.45, 7) is 3.03. The first-order chi connectivity index (χ1) is 9.58. The smallest absolute Gasteiger partial charge is 0.123 e. The molecule has 0 fully saturated rings. The number of halogens is 1. The van der Waals surface area contributed by atoms with Crippen LogP contribution in [0, 0.1) is 5.82 Å². The normalized spacial score (nSPS) is 13.9. The molecule has 2 aromatic carbocycles. The zero-order chi connectivity index (χ0) is 14.4. The summed E-state index contributed by atoms with van der Waals surface area (Å²) in [5.41, 5.74) is 1.09. The Morgan fingerprint density at radius 1 is 1.05 bits per heavy atom. The van der Waals surface area contributed by atoms with Crippen molar-refractivity contribution in [3.8, 4) is 0 Å². The molecule has 0 aliphatic heterocycles. The quantitative estimate of drug-likeness (QED) is 0.793. The Morgan fingerprint density at radius 2 is 1.70 bits per heavy atom. The first kappa shape index (κ1) is 14.7. The molecule has 0 bridgehead atoms. The first-order valence-electron chi connectivity index (χ1n) is 6.81. The standard InChI is InChI=1S/C17H20FNO/c1-17(20,15-5-3-2-4-6-15)13-19-12-11-14-7-9-16(18)10-8-14/h2-10,19-20H,11-13H2,1H3. The van der Waals surface area contributed by atoms with Gasteiger partial charge in [-0.1, -0.05) is 42.5 Å². The number of hydrogen-bond acceptors (Lipinski definition) is 2. The van der Waals surface area contributed by atoms with Crippen LogP contribution < -0.4 is 5.32 Å². The van der Waals surface area contributed by atoms with Gasteiger partial charge in [-0.25, -0.2) is 4.39 Å². The van der Waals surface area contributed by atoms with Gasteiger partial charge in [-0.3, -0.25) is 0 Å². The van der Waals surface area contributed by atoms with Crippen molar-refractivity contribution in [3.63, 3.8) is 0 Å². The lowest BCUT2D eigenvalue weighted by Crippen LogP contribution is -2.36. The molecule has 3 heteroatoms. The van der Waals surface area contributed by atoms with Crippen LogP contribution in [0.4, 0.5) is 4.39 Å². The van der Waals surface area contributed by atoms with E-state index in [1.165, 1.54) is 12.1 Å². The minimum absolute atomic E-state index is 0.214. The van der Waals surface area contributed by atoms with Crippen LogP contribution in [0.15, 0.2) is 54.6 Å². The number of aliphatic hydroxyl groups is 1. The molecule has 1 unspecified atom stereocenters. The second kappa shape index (κ2) is 6.64. The predicted molar refractivity (Wildman–Crippen MR) is 79.0 cm³/mol. The molecular weight excluding hydrogens is 253 g/mol. The Morgan fingerprint density at radius 3 is 2.35 bits per heavy atom. The molecule has 0 aliphatic carbocycles. The maximum Gasteiger partial charge on any atom is 0.123 e. The van der Waals surface area contributed by atoms with Crippen molar-refractivity contribution in [1.29, 1.82) is 0 Å². The highest BCUT2D eigenvalue weighted by Gasteiger charge is 2.21. The number of hydrogen-bond donors (Lipinski definition) is 2. The number of nitrogens with one attached hydrogen (secondary N) is 1. The van der Waals surface area contributed by atoms with E-state index in [9.17, 15) is 9.50 Å². The van der Waals surface area contributed by atoms with Crippen LogP contribution in [-0.4, -0.2) is 18.2 Å². The molecule has 2 aromatic rings. The third kappa shape index (κ3) is 4.15. The fourth-order valence-corrected chi connectivity index (χ4v) is 2.11. The van der Waals surface area contributed by atoms with E-state index >= 15 is 0 Å². The first-order valence-corrected chi connectivity index (χ1v) is 6.81. The van der Waals surface area contributed by atoms with Crippen molar-refractivity contribution >= 4 is 0 Å². The average molecular weight is 273 g/mol. The fraction of sp³-hybridized carbons (Fsp3) is 0.294. The number of rotatable bonds is 6. The molecule has 0 aliphatic rings. The molecule has 0 saturated carbocycles. The van der Waals surface area contributed by atoms with Crippen LogP contribution in [0.2, 0.25) is 0 Å². The molecule has 0 amide bonds. The van der Waals surface area contributed by atoms with E-state index in [1.807, 2.05) is 30.3 Å². The summed E-state index contributed by atoms with van der Waals surface area (Å²) >= 11 is 0. The van der Waals surface area contributed by atoms with E-state index in [4.69, 9.17) is 0 Å². The van der Waals surface area contributed by atoms with Gasteiger partial charge >= 0.3 is 0 Å². The van der Waals surface area contributed by atoms with E-state index in [0.29, 0.717) is 6.54 Å². The van der Waals surface area contributed by atoms with Gasteiger partial charge in [0, 0.05) is 6.54 Å². The Balaban J connectivity index is 1.79. The van der Waals surface area contributed by atoms with Gasteiger partial charge in [-0.2, -0.15) is 0 Å². The molecule has 1 atom stereocenters. The molecule has 0 radical (unpaired) electrons. The lowest BCUT2D eigenvalue weighted by atomic mass is 9.96. The van der Waals surface area contributed by atoms with E-state index in [2.05, 4.69) is 5.32 Å². The van der Waals surface area contributed by atoms with Crippen molar-refractivity contribution < 1.29 is 9.50 Å². The Kier molecular flexibility index (Phi) is 4.88. The summed E-state index contributed by atoms with van der Waals surface area (Å²) in [6.07, 6.45) is 0.811. The van der Waals surface area contributed by atoms with E-state index < -0.39 is 5.60 Å². The maximum absolute atomic E-state index is 12.8. The van der Waals surface area contributed by atoms with Gasteiger partial charge in [0.2, 0.25) is 0 Å². The van der Waals surface area contributed by atoms with E-state index in [-0.39, 0.29) is 5.82 Å². The van der Waals surface area contributed by atoms with Gasteiger partial charge in [0.1, 0.15) is 5.82 Å². The highest BCUT2D eigenvalue weighted by atomic mass is 19.1. The molecule has 106 valence electrons. The molecule has 20 heavy (non-hydrogen) atoms. The number of benzene rings is 2. The van der Waals surface area contributed by atoms with Crippen LogP contribution >= 0.6 is 0 Å². The minimum Gasteiger partial charge on any atom is -0.384 e. The predicted octanol–water partition coefficient (Wildman–Crippen LogP) is 2.87. The molecule has 0 aromatic heterocycles. The van der Waals surface area contributed by atoms with Gasteiger partial charge in [0.15, 0.2) is 0 Å². The molecule has 2 nitrogen and oxygen atoms in total. The molecular formula is C17H20FNO. The highest BCUT2D eigenvalue weighted by molar-refractivity contribution is 5.22. The van der Waals surface area contributed by atoms with Crippen molar-refractivity contribution in [1.82, 2.24) is 5.32 Å². The van der Waals surface area contributed by atoms with Gasteiger partial charge in [-0.05, 0) is 43.1 Å². The van der Waals surface area contributed by atoms with Crippen molar-refractivity contribution in [3.05, 3.63) is 71.5 Å². The third-order valence-electron chi connectivity index (χ3n) is 3.37. The SMILES string of the molecule is CC(O)(CNCCc1ccc(F)cc1)c1ccccc1. The molecule has 2 N–H and O–H groups in total. The van der Waals surface area contributed by atoms with Crippen molar-refractivity contribution in [2.45, 2.75) is 18.9 Å². The summed E-state index contributed by atoms with van der Waals surface area (Å²) in [6, 6.07) is 16.1. The lowest BCUT2D eigenvalue weighted by Gasteiger charge is -2.24. The Labute approximate surface area is 119 Å². The summed E-state index contributed by atoms with van der Waals surface area (Å²) in [4.78, 5) is 0. The summed E-state index contributed by atoms with van der Waals surface area (Å²) in [7, 11) is 0. The van der Waals surface area contributed by atoms with Crippen LogP contribution in [0.25, 0.3) is 0 Å². The summed E-state index contributed by atoms with van der Waals surface area (Å²) < 4.78 is 12.8. The Hall–Kier alpha value is -1.71. The molecule has 0 saturated heterocycles. The summed E-state index contributed by atoms with van der Waals surface area (Å²) in [5, 5.41) is 13.7. The van der Waals surface area contributed by atoms with E-state index in [0.717, 1.165) is 24.1 Å². The zero-order valence-corrected chi connectivity index (χ0v) is 11.6. The Bertz CT molecular complexity index is 522. The maximum atomic E-state index is 12.8. The molecule has 2 rings (SSSR count). The van der Waals surface area contributed by atoms with E-state index in [1.54, 1.807) is 19.1 Å². The minimum atomic E-state index is -0.885. The van der Waals surface area contributed by atoms with Crippen molar-refractivity contribution in [2.24, 2.45) is 0 Å². The van der Waals surface area contributed by atoms with Crippen LogP contribution in [-0.2, 0) is 12.0 Å². The van der Waals surface area contributed by atoms with Crippen LogP contribution in [0.3, 0.4) is 0 Å². The van der Waals surface area contributed by atoms with Crippen LogP contribution in [0.5, 0.6) is 0 Å². The zero-order valence-electron chi connectivity index (χ0n) is 11.6. The van der Waals surface area contributed by atoms with Crippen LogP contribution in [0.1, 0.15) is 18.1 Å². The van der Waals surface area contributed by atoms with Crippen molar-refractivity contribution in [2.75, 3.05) is 13.1 Å². The molecule has 0 spiro atoms. The van der Waals surface area contributed by atoms with Gasteiger partial charge in [0.25, 0.3) is 0 Å². The topological polar surface area (TPSA) is 32.3 Å². The average Bonchev–Trinajstić information content (AvgIpc) is 2.46. The van der Waals surface area contributed by atoms with Gasteiger partial charge in [0.05, 0.1) is 5.60 Å². The van der Waals surface area contributed by atoms with Gasteiger partial charge in [-0.15, -0.1) is 0 Å². The highest BCUT2D eigenvalue weighted by Crippen LogP contribution is 2.18. The van der Waals surface area contributed by atoms with Gasteiger partial charge < -0.3 is 10.4 Å².